The van der Waals surface area contributed by atoms with Gasteiger partial charge < -0.3 is 33.8 Å². The van der Waals surface area contributed by atoms with Crippen LogP contribution in [0.5, 0.6) is 0 Å². The van der Waals surface area contributed by atoms with Crippen molar-refractivity contribution in [3.05, 3.63) is 0 Å². The monoisotopic (exact) mass is 1510 g/mol. The minimum atomic E-state index is -4.97. The lowest BCUT2D eigenvalue weighted by molar-refractivity contribution is -0.161. The Morgan fingerprint density at radius 1 is 0.272 bits per heavy atom. The van der Waals surface area contributed by atoms with Crippen molar-refractivity contribution in [3.63, 3.8) is 0 Å². The van der Waals surface area contributed by atoms with Crippen LogP contribution in [0.2, 0.25) is 0 Å². The predicted octanol–water partition coefficient (Wildman–Crippen LogP) is 25.2. The van der Waals surface area contributed by atoms with E-state index in [0.717, 1.165) is 114 Å². The molecule has 0 saturated carbocycles. The molecular formula is C84H164O17P2. The fraction of sp³-hybridized carbons (Fsp3) is 0.952. The molecule has 0 fully saturated rings. The van der Waals surface area contributed by atoms with Gasteiger partial charge in [0.25, 0.3) is 0 Å². The molecule has 0 radical (unpaired) electrons. The molecule has 0 aliphatic heterocycles. The molecule has 103 heavy (non-hydrogen) atoms. The van der Waals surface area contributed by atoms with Gasteiger partial charge in [-0.15, -0.1) is 0 Å². The number of phosphoric acid groups is 2. The average Bonchev–Trinajstić information content (AvgIpc) is 0.911. The van der Waals surface area contributed by atoms with Gasteiger partial charge in [-0.05, 0) is 49.4 Å². The molecule has 0 amide bonds. The predicted molar refractivity (Wildman–Crippen MR) is 423 cm³/mol. The summed E-state index contributed by atoms with van der Waals surface area (Å²) in [6.07, 6.45) is 61.0. The maximum Gasteiger partial charge on any atom is 0.472 e. The van der Waals surface area contributed by atoms with E-state index < -0.39 is 97.5 Å². The highest BCUT2D eigenvalue weighted by molar-refractivity contribution is 7.47. The highest BCUT2D eigenvalue weighted by atomic mass is 31.2. The summed E-state index contributed by atoms with van der Waals surface area (Å²) in [6.45, 7) is 14.3. The highest BCUT2D eigenvalue weighted by Crippen LogP contribution is 2.45. The summed E-state index contributed by atoms with van der Waals surface area (Å²) in [5.74, 6) is 1.07. The number of aliphatic hydroxyl groups is 1. The molecule has 612 valence electrons. The zero-order chi connectivity index (χ0) is 76.0. The molecule has 0 aliphatic rings. The highest BCUT2D eigenvalue weighted by Gasteiger charge is 2.30. The quantitative estimate of drug-likeness (QED) is 0.0222. The van der Waals surface area contributed by atoms with Crippen molar-refractivity contribution in [3.8, 4) is 0 Å². The molecule has 0 bridgehead atoms. The van der Waals surface area contributed by atoms with Crippen LogP contribution in [0.3, 0.4) is 0 Å². The standard InChI is InChI=1S/C84H164O17P2/c1-9-76(7)62-54-46-38-30-24-20-17-18-21-25-31-40-48-56-64-81(86)94-70-79(100-83(88)66-58-50-42-32-26-22-16-14-12-11-13-15-19-23-28-36-44-52-60-74(3)4)72-98-102(90,91)96-68-78(85)69-97-103(92,93)99-73-80(101-84(89)67-59-51-43-33-27-29-37-45-53-61-75(5)6)71-95-82(87)65-57-49-41-35-34-39-47-55-63-77(8)10-2/h74-80,85H,9-73H2,1-8H3,(H,90,91)(H,92,93)/t76?,77?,78-,79-,80-/m1/s1. The number of unbranched alkanes of at least 4 members (excludes halogenated alkanes) is 45. The Morgan fingerprint density at radius 3 is 0.689 bits per heavy atom. The molecule has 0 saturated heterocycles. The second kappa shape index (κ2) is 72.9. The van der Waals surface area contributed by atoms with Crippen molar-refractivity contribution in [2.75, 3.05) is 39.6 Å². The molecule has 7 atom stereocenters. The zero-order valence-electron chi connectivity index (χ0n) is 68.0. The Labute approximate surface area is 632 Å². The van der Waals surface area contributed by atoms with Crippen LogP contribution in [0.4, 0.5) is 0 Å². The van der Waals surface area contributed by atoms with Crippen LogP contribution in [-0.2, 0) is 65.4 Å². The number of hydrogen-bond acceptors (Lipinski definition) is 15. The maximum atomic E-state index is 13.1. The van der Waals surface area contributed by atoms with E-state index in [1.807, 2.05) is 0 Å². The second-order valence-electron chi connectivity index (χ2n) is 31.7. The number of phosphoric ester groups is 2. The van der Waals surface area contributed by atoms with Crippen molar-refractivity contribution >= 4 is 39.5 Å². The van der Waals surface area contributed by atoms with E-state index in [2.05, 4.69) is 55.4 Å². The Balaban J connectivity index is 5.24. The van der Waals surface area contributed by atoms with Crippen LogP contribution in [0, 0.1) is 23.7 Å². The summed E-state index contributed by atoms with van der Waals surface area (Å²) in [6, 6.07) is 0. The van der Waals surface area contributed by atoms with Crippen LogP contribution in [-0.4, -0.2) is 96.7 Å². The number of hydrogen-bond donors (Lipinski definition) is 3. The van der Waals surface area contributed by atoms with E-state index in [4.69, 9.17) is 37.0 Å². The van der Waals surface area contributed by atoms with Gasteiger partial charge in [0.15, 0.2) is 12.2 Å². The van der Waals surface area contributed by atoms with Crippen molar-refractivity contribution < 1.29 is 80.2 Å². The molecule has 0 heterocycles. The maximum absolute atomic E-state index is 13.1. The largest absolute Gasteiger partial charge is 0.472 e. The molecule has 3 N–H and O–H groups in total. The molecular weight excluding hydrogens is 1340 g/mol. The van der Waals surface area contributed by atoms with Crippen LogP contribution >= 0.6 is 15.6 Å². The first kappa shape index (κ1) is 101. The first-order valence-corrected chi connectivity index (χ1v) is 46.3. The lowest BCUT2D eigenvalue weighted by atomic mass is 9.99. The summed E-state index contributed by atoms with van der Waals surface area (Å²) in [5, 5.41) is 10.7. The second-order valence-corrected chi connectivity index (χ2v) is 34.6. The molecule has 19 heteroatoms. The fourth-order valence-corrected chi connectivity index (χ4v) is 14.5. The average molecular weight is 1510 g/mol. The van der Waals surface area contributed by atoms with Gasteiger partial charge in [-0.1, -0.05) is 383 Å². The van der Waals surface area contributed by atoms with E-state index in [1.54, 1.807) is 0 Å². The van der Waals surface area contributed by atoms with E-state index >= 15 is 0 Å². The van der Waals surface area contributed by atoms with Crippen molar-refractivity contribution in [2.45, 2.75) is 453 Å². The van der Waals surface area contributed by atoms with Crippen LogP contribution in [0.15, 0.2) is 0 Å². The third-order valence-corrected chi connectivity index (χ3v) is 22.2. The Morgan fingerprint density at radius 2 is 0.466 bits per heavy atom. The number of aliphatic hydroxyl groups excluding tert-OH is 1. The number of rotatable bonds is 81. The van der Waals surface area contributed by atoms with E-state index in [1.165, 1.54) is 238 Å². The molecule has 0 aliphatic carbocycles. The van der Waals surface area contributed by atoms with Gasteiger partial charge in [-0.2, -0.15) is 0 Å². The minimum absolute atomic E-state index is 0.105. The molecule has 0 aromatic rings. The third-order valence-electron chi connectivity index (χ3n) is 20.3. The summed E-state index contributed by atoms with van der Waals surface area (Å²) in [5.41, 5.74) is 0. The van der Waals surface area contributed by atoms with Gasteiger partial charge >= 0.3 is 39.5 Å². The Bertz CT molecular complexity index is 2010. The third kappa shape index (κ3) is 75.3. The molecule has 0 aromatic carbocycles. The first-order valence-electron chi connectivity index (χ1n) is 43.3. The summed E-state index contributed by atoms with van der Waals surface area (Å²) < 4.78 is 68.8. The topological polar surface area (TPSA) is 237 Å². The van der Waals surface area contributed by atoms with Gasteiger partial charge in [-0.25, -0.2) is 9.13 Å². The lowest BCUT2D eigenvalue weighted by Crippen LogP contribution is -2.30. The van der Waals surface area contributed by atoms with Crippen LogP contribution < -0.4 is 0 Å². The molecule has 17 nitrogen and oxygen atoms in total. The first-order chi connectivity index (χ1) is 49.7. The zero-order valence-corrected chi connectivity index (χ0v) is 69.7. The van der Waals surface area contributed by atoms with Gasteiger partial charge in [0.2, 0.25) is 0 Å². The number of carbonyl (C=O) groups is 4. The summed E-state index contributed by atoms with van der Waals surface area (Å²) >= 11 is 0. The normalized spacial score (nSPS) is 14.5. The van der Waals surface area contributed by atoms with Crippen LogP contribution in [0.1, 0.15) is 434 Å². The number of ether oxygens (including phenoxy) is 4. The Kier molecular flexibility index (Phi) is 71.5. The van der Waals surface area contributed by atoms with E-state index in [9.17, 15) is 43.2 Å². The fourth-order valence-electron chi connectivity index (χ4n) is 12.9. The van der Waals surface area contributed by atoms with Crippen molar-refractivity contribution in [1.29, 1.82) is 0 Å². The van der Waals surface area contributed by atoms with Crippen LogP contribution in [0.25, 0.3) is 0 Å². The molecule has 0 aromatic heterocycles. The van der Waals surface area contributed by atoms with Gasteiger partial charge in [-0.3, -0.25) is 37.3 Å². The Hall–Kier alpha value is -1.94. The van der Waals surface area contributed by atoms with Gasteiger partial charge in [0, 0.05) is 25.7 Å². The van der Waals surface area contributed by atoms with Gasteiger partial charge in [0.1, 0.15) is 19.3 Å². The molecule has 0 spiro atoms. The minimum Gasteiger partial charge on any atom is -0.462 e. The van der Waals surface area contributed by atoms with E-state index in [-0.39, 0.29) is 25.7 Å². The van der Waals surface area contributed by atoms with Crippen molar-refractivity contribution in [1.82, 2.24) is 0 Å². The number of carbonyl (C=O) groups excluding carboxylic acids is 4. The lowest BCUT2D eigenvalue weighted by Gasteiger charge is -2.21. The summed E-state index contributed by atoms with van der Waals surface area (Å²) in [4.78, 5) is 73.1. The summed E-state index contributed by atoms with van der Waals surface area (Å²) in [7, 11) is -9.93. The number of esters is 4. The molecule has 0 rings (SSSR count). The SMILES string of the molecule is CCC(C)CCCCCCCCCCCCCCCCC(=O)OC[C@H](COP(=O)(O)OC[C@@H](O)COP(=O)(O)OC[C@@H](COC(=O)CCCCCCCCCCC(C)CC)OC(=O)CCCCCCCCCCCC(C)C)OC(=O)CCCCCCCCCCCCCCCCCCCCC(C)C. The van der Waals surface area contributed by atoms with Gasteiger partial charge in [0.05, 0.1) is 26.4 Å². The molecule has 4 unspecified atom stereocenters. The van der Waals surface area contributed by atoms with E-state index in [0.29, 0.717) is 25.7 Å². The van der Waals surface area contributed by atoms with Crippen molar-refractivity contribution in [2.24, 2.45) is 23.7 Å². The smallest absolute Gasteiger partial charge is 0.462 e.